The van der Waals surface area contributed by atoms with Crippen molar-refractivity contribution in [2.75, 3.05) is 20.4 Å². The van der Waals surface area contributed by atoms with E-state index >= 15 is 0 Å². The summed E-state index contributed by atoms with van der Waals surface area (Å²) in [6, 6.07) is -4.18. The van der Waals surface area contributed by atoms with Crippen molar-refractivity contribution in [3.8, 4) is 0 Å². The van der Waals surface area contributed by atoms with Gasteiger partial charge in [0.1, 0.15) is 6.67 Å². The van der Waals surface area contributed by atoms with Crippen LogP contribution in [-0.4, -0.2) is 38.8 Å². The van der Waals surface area contributed by atoms with Crippen molar-refractivity contribution in [2.45, 2.75) is 12.4 Å². The predicted octanol–water partition coefficient (Wildman–Crippen LogP) is 1.31. The molecule has 0 aliphatic carbocycles. The van der Waals surface area contributed by atoms with Gasteiger partial charge in [0.25, 0.3) is 0 Å². The number of hydrogen-bond acceptors (Lipinski definition) is 4. The summed E-state index contributed by atoms with van der Waals surface area (Å²) in [6.45, 7) is -2.37. The molecular weight excluding hydrogens is 231 g/mol. The fourth-order valence-electron chi connectivity index (χ4n) is 0.571. The molecule has 0 rings (SSSR count). The van der Waals surface area contributed by atoms with E-state index < -0.39 is 31.7 Å². The standard InChI is InChI=1S/C6H7F5O4/c1-13-4(12)5(8,14-3-2-7)15-6(9,10)11/h2-3H2,1H3. The number of hydrogen-bond donors (Lipinski definition) is 0. The van der Waals surface area contributed by atoms with E-state index in [1.807, 2.05) is 0 Å². The molecule has 0 fully saturated rings. The van der Waals surface area contributed by atoms with Gasteiger partial charge in [0.15, 0.2) is 0 Å². The van der Waals surface area contributed by atoms with Crippen LogP contribution < -0.4 is 0 Å². The smallest absolute Gasteiger partial charge is 0.463 e. The summed E-state index contributed by atoms with van der Waals surface area (Å²) in [5.74, 6) is -2.06. The van der Waals surface area contributed by atoms with E-state index in [0.29, 0.717) is 7.11 Å². The van der Waals surface area contributed by atoms with Gasteiger partial charge in [0.05, 0.1) is 13.7 Å². The van der Waals surface area contributed by atoms with Crippen molar-refractivity contribution in [1.29, 1.82) is 0 Å². The molecular formula is C6H7F5O4. The molecule has 0 amide bonds. The molecule has 4 nitrogen and oxygen atoms in total. The topological polar surface area (TPSA) is 44.8 Å². The van der Waals surface area contributed by atoms with E-state index in [1.54, 1.807) is 0 Å². The van der Waals surface area contributed by atoms with Gasteiger partial charge in [-0.15, -0.1) is 13.2 Å². The minimum atomic E-state index is -5.46. The largest absolute Gasteiger partial charge is 0.527 e. The second-order valence-electron chi connectivity index (χ2n) is 2.11. The molecule has 15 heavy (non-hydrogen) atoms. The van der Waals surface area contributed by atoms with Gasteiger partial charge in [-0.3, -0.25) is 0 Å². The number of carbonyl (C=O) groups excluding carboxylic acids is 1. The molecule has 90 valence electrons. The number of alkyl halides is 5. The Morgan fingerprint density at radius 3 is 2.13 bits per heavy atom. The molecule has 0 saturated heterocycles. The van der Waals surface area contributed by atoms with E-state index in [9.17, 15) is 26.7 Å². The van der Waals surface area contributed by atoms with Crippen molar-refractivity contribution in [3.05, 3.63) is 0 Å². The van der Waals surface area contributed by atoms with Crippen LogP contribution in [0.3, 0.4) is 0 Å². The van der Waals surface area contributed by atoms with Gasteiger partial charge < -0.3 is 9.47 Å². The minimum absolute atomic E-state index is 0.620. The number of ether oxygens (including phenoxy) is 3. The van der Waals surface area contributed by atoms with Crippen LogP contribution >= 0.6 is 0 Å². The Kier molecular flexibility index (Phi) is 4.88. The third-order valence-electron chi connectivity index (χ3n) is 1.04. The van der Waals surface area contributed by atoms with Crippen LogP contribution in [-0.2, 0) is 19.0 Å². The van der Waals surface area contributed by atoms with Gasteiger partial charge in [0, 0.05) is 0 Å². The average Bonchev–Trinajstić information content (AvgIpc) is 2.10. The van der Waals surface area contributed by atoms with Crippen molar-refractivity contribution in [3.63, 3.8) is 0 Å². The van der Waals surface area contributed by atoms with Gasteiger partial charge in [-0.1, -0.05) is 0 Å². The van der Waals surface area contributed by atoms with Crippen LogP contribution in [0.25, 0.3) is 0 Å². The lowest BCUT2D eigenvalue weighted by Crippen LogP contribution is -2.45. The number of esters is 1. The Hall–Kier alpha value is -0.960. The van der Waals surface area contributed by atoms with Crippen LogP contribution in [0.2, 0.25) is 0 Å². The lowest BCUT2D eigenvalue weighted by Gasteiger charge is -2.22. The number of halogens is 5. The second-order valence-corrected chi connectivity index (χ2v) is 2.11. The first kappa shape index (κ1) is 14.0. The van der Waals surface area contributed by atoms with Gasteiger partial charge >= 0.3 is 18.4 Å². The maximum atomic E-state index is 13.1. The maximum Gasteiger partial charge on any atom is 0.527 e. The normalized spacial score (nSPS) is 15.9. The second kappa shape index (κ2) is 5.21. The molecule has 0 aromatic rings. The highest BCUT2D eigenvalue weighted by Crippen LogP contribution is 2.28. The zero-order valence-corrected chi connectivity index (χ0v) is 7.44. The molecule has 1 atom stereocenters. The molecule has 0 heterocycles. The van der Waals surface area contributed by atoms with Crippen LogP contribution in [0.1, 0.15) is 0 Å². The molecule has 0 aliphatic heterocycles. The molecule has 0 bridgehead atoms. The van der Waals surface area contributed by atoms with Crippen molar-refractivity contribution in [1.82, 2.24) is 0 Å². The SMILES string of the molecule is COC(=O)C(F)(OCCF)OC(F)(F)F. The quantitative estimate of drug-likeness (QED) is 0.411. The van der Waals surface area contributed by atoms with Gasteiger partial charge in [0.2, 0.25) is 0 Å². The average molecular weight is 238 g/mol. The highest BCUT2D eigenvalue weighted by atomic mass is 19.4. The van der Waals surface area contributed by atoms with E-state index in [1.165, 1.54) is 0 Å². The number of rotatable bonds is 5. The third-order valence-corrected chi connectivity index (χ3v) is 1.04. The van der Waals surface area contributed by atoms with E-state index in [-0.39, 0.29) is 0 Å². The molecule has 0 aromatic carbocycles. The molecule has 0 saturated carbocycles. The first-order chi connectivity index (χ1) is 6.75. The zero-order chi connectivity index (χ0) is 12.1. The third kappa shape index (κ3) is 4.88. The molecule has 0 N–H and O–H groups in total. The van der Waals surface area contributed by atoms with Crippen LogP contribution in [0.4, 0.5) is 22.0 Å². The van der Waals surface area contributed by atoms with E-state index in [0.717, 1.165) is 0 Å². The zero-order valence-electron chi connectivity index (χ0n) is 7.44. The first-order valence-electron chi connectivity index (χ1n) is 3.49. The fourth-order valence-corrected chi connectivity index (χ4v) is 0.571. The fraction of sp³-hybridized carbons (Fsp3) is 0.833. The number of carbonyl (C=O) groups is 1. The minimum Gasteiger partial charge on any atom is -0.463 e. The molecule has 0 aromatic heterocycles. The lowest BCUT2D eigenvalue weighted by atomic mass is 10.6. The summed E-state index contributed by atoms with van der Waals surface area (Å²) < 4.78 is 69.6. The summed E-state index contributed by atoms with van der Waals surface area (Å²) >= 11 is 0. The van der Waals surface area contributed by atoms with Crippen LogP contribution in [0, 0.1) is 0 Å². The molecule has 0 radical (unpaired) electrons. The van der Waals surface area contributed by atoms with Crippen LogP contribution in [0.5, 0.6) is 0 Å². The van der Waals surface area contributed by atoms with E-state index in [2.05, 4.69) is 14.2 Å². The van der Waals surface area contributed by atoms with Crippen molar-refractivity contribution in [2.24, 2.45) is 0 Å². The Balaban J connectivity index is 4.62. The summed E-state index contributed by atoms with van der Waals surface area (Å²) in [7, 11) is 0.620. The summed E-state index contributed by atoms with van der Waals surface area (Å²) in [4.78, 5) is 10.5. The van der Waals surface area contributed by atoms with Crippen LogP contribution in [0.15, 0.2) is 0 Å². The monoisotopic (exact) mass is 238 g/mol. The molecule has 1 unspecified atom stereocenters. The van der Waals surface area contributed by atoms with Gasteiger partial charge in [-0.05, 0) is 0 Å². The summed E-state index contributed by atoms with van der Waals surface area (Å²) in [5.41, 5.74) is 0. The summed E-state index contributed by atoms with van der Waals surface area (Å²) in [6.07, 6.45) is -5.46. The predicted molar refractivity (Wildman–Crippen MR) is 34.9 cm³/mol. The van der Waals surface area contributed by atoms with Gasteiger partial charge in [-0.2, -0.15) is 4.39 Å². The van der Waals surface area contributed by atoms with Crippen molar-refractivity contribution < 1.29 is 41.0 Å². The molecule has 9 heteroatoms. The highest BCUT2D eigenvalue weighted by molar-refractivity contribution is 5.75. The van der Waals surface area contributed by atoms with Gasteiger partial charge in [-0.25, -0.2) is 13.9 Å². The lowest BCUT2D eigenvalue weighted by molar-refractivity contribution is -0.441. The Bertz CT molecular complexity index is 218. The number of methoxy groups -OCH3 is 1. The Labute approximate surface area is 80.9 Å². The Morgan fingerprint density at radius 1 is 1.27 bits per heavy atom. The maximum absolute atomic E-state index is 13.1. The van der Waals surface area contributed by atoms with E-state index in [4.69, 9.17) is 0 Å². The molecule has 0 aliphatic rings. The van der Waals surface area contributed by atoms with Crippen molar-refractivity contribution >= 4 is 5.97 Å². The first-order valence-corrected chi connectivity index (χ1v) is 3.49. The molecule has 0 spiro atoms. The Morgan fingerprint density at radius 2 is 1.80 bits per heavy atom. The summed E-state index contributed by atoms with van der Waals surface area (Å²) in [5, 5.41) is 0. The highest BCUT2D eigenvalue weighted by Gasteiger charge is 2.52.